The maximum atomic E-state index is 4.44. The van der Waals surface area contributed by atoms with Crippen LogP contribution in [0.3, 0.4) is 0 Å². The van der Waals surface area contributed by atoms with E-state index in [-0.39, 0.29) is 24.0 Å². The average molecular weight is 469 g/mol. The second-order valence-corrected chi connectivity index (χ2v) is 6.19. The van der Waals surface area contributed by atoms with Gasteiger partial charge in [-0.15, -0.1) is 34.2 Å². The molecule has 142 valence electrons. The Morgan fingerprint density at radius 2 is 1.73 bits per heavy atom. The fraction of sp³-hybridized carbons (Fsp3) is 0.500. The Morgan fingerprint density at radius 3 is 2.38 bits per heavy atom. The Kier molecular flexibility index (Phi) is 8.66. The quantitative estimate of drug-likeness (QED) is 0.304. The highest BCUT2D eigenvalue weighted by Crippen LogP contribution is 2.15. The highest BCUT2D eigenvalue weighted by molar-refractivity contribution is 14.0. The van der Waals surface area contributed by atoms with E-state index in [0.29, 0.717) is 0 Å². The van der Waals surface area contributed by atoms with E-state index in [1.54, 1.807) is 12.7 Å². The highest BCUT2D eigenvalue weighted by Gasteiger charge is 2.19. The van der Waals surface area contributed by atoms with Gasteiger partial charge < -0.3 is 19.7 Å². The van der Waals surface area contributed by atoms with Crippen molar-refractivity contribution in [2.75, 3.05) is 44.7 Å². The lowest BCUT2D eigenvalue weighted by Gasteiger charge is -2.37. The minimum atomic E-state index is 0. The highest BCUT2D eigenvalue weighted by atomic mass is 127. The van der Waals surface area contributed by atoms with Crippen LogP contribution >= 0.6 is 24.0 Å². The first-order chi connectivity index (χ1) is 12.4. The van der Waals surface area contributed by atoms with E-state index in [1.807, 2.05) is 11.6 Å². The molecule has 0 spiro atoms. The number of anilines is 1. The summed E-state index contributed by atoms with van der Waals surface area (Å²) in [4.78, 5) is 9.22. The molecule has 1 aliphatic heterocycles. The number of unbranched alkanes of at least 4 members (excludes halogenated alkanes) is 1. The van der Waals surface area contributed by atoms with Crippen molar-refractivity contribution in [1.82, 2.24) is 25.0 Å². The van der Waals surface area contributed by atoms with Crippen LogP contribution in [-0.2, 0) is 6.54 Å². The van der Waals surface area contributed by atoms with Gasteiger partial charge in [-0.25, -0.2) is 0 Å². The molecular weight excluding hydrogens is 441 g/mol. The molecule has 0 unspecified atom stereocenters. The number of para-hydroxylation sites is 1. The van der Waals surface area contributed by atoms with Crippen LogP contribution in [0.5, 0.6) is 0 Å². The Hall–Kier alpha value is -1.84. The van der Waals surface area contributed by atoms with Crippen molar-refractivity contribution >= 4 is 35.6 Å². The third-order valence-corrected chi connectivity index (χ3v) is 4.51. The van der Waals surface area contributed by atoms with Gasteiger partial charge in [0.2, 0.25) is 0 Å². The molecule has 7 nitrogen and oxygen atoms in total. The molecule has 2 aromatic rings. The summed E-state index contributed by atoms with van der Waals surface area (Å²) in [5.41, 5.74) is 1.30. The third kappa shape index (κ3) is 5.86. The number of halogens is 1. The van der Waals surface area contributed by atoms with E-state index in [9.17, 15) is 0 Å². The number of hydrogen-bond donors (Lipinski definition) is 1. The second-order valence-electron chi connectivity index (χ2n) is 6.19. The number of guanidine groups is 1. The number of nitrogens with zero attached hydrogens (tertiary/aromatic N) is 6. The minimum absolute atomic E-state index is 0. The zero-order chi connectivity index (χ0) is 17.3. The molecule has 1 fully saturated rings. The van der Waals surface area contributed by atoms with Gasteiger partial charge in [0, 0.05) is 52.0 Å². The fourth-order valence-corrected chi connectivity index (χ4v) is 3.10. The van der Waals surface area contributed by atoms with Crippen LogP contribution in [0, 0.1) is 0 Å². The molecule has 1 aromatic heterocycles. The standard InChI is InChI=1S/C18H27N7.HI/c1-19-18(20-9-5-6-10-23-15-21-22-16-23)25-13-11-24(12-14-25)17-7-3-2-4-8-17;/h2-4,7-8,15-16H,5-6,9-14H2,1H3,(H,19,20);1H. The van der Waals surface area contributed by atoms with Crippen LogP contribution < -0.4 is 10.2 Å². The molecule has 0 amide bonds. The molecule has 1 aliphatic rings. The molecule has 0 saturated carbocycles. The molecule has 26 heavy (non-hydrogen) atoms. The summed E-state index contributed by atoms with van der Waals surface area (Å²) >= 11 is 0. The normalized spacial score (nSPS) is 14.9. The number of piperazine rings is 1. The number of aryl methyl sites for hydroxylation is 1. The number of rotatable bonds is 6. The van der Waals surface area contributed by atoms with Crippen molar-refractivity contribution in [2.24, 2.45) is 4.99 Å². The molecule has 1 N–H and O–H groups in total. The number of hydrogen-bond acceptors (Lipinski definition) is 4. The molecular formula is C18H28IN7. The summed E-state index contributed by atoms with van der Waals surface area (Å²) in [7, 11) is 1.86. The fourth-order valence-electron chi connectivity index (χ4n) is 3.10. The molecule has 1 aromatic carbocycles. The molecule has 2 heterocycles. The summed E-state index contributed by atoms with van der Waals surface area (Å²) in [6.45, 7) is 5.94. The zero-order valence-corrected chi connectivity index (χ0v) is 17.6. The topological polar surface area (TPSA) is 61.6 Å². The Balaban J connectivity index is 0.00000243. The minimum Gasteiger partial charge on any atom is -0.368 e. The van der Waals surface area contributed by atoms with Crippen molar-refractivity contribution < 1.29 is 0 Å². The molecule has 8 heteroatoms. The maximum absolute atomic E-state index is 4.44. The lowest BCUT2D eigenvalue weighted by Crippen LogP contribution is -2.52. The first kappa shape index (κ1) is 20.5. The van der Waals surface area contributed by atoms with Crippen LogP contribution in [-0.4, -0.2) is 65.4 Å². The largest absolute Gasteiger partial charge is 0.368 e. The van der Waals surface area contributed by atoms with Gasteiger partial charge in [0.25, 0.3) is 0 Å². The van der Waals surface area contributed by atoms with Gasteiger partial charge in [0.1, 0.15) is 12.7 Å². The van der Waals surface area contributed by atoms with Crippen LogP contribution in [0.1, 0.15) is 12.8 Å². The van der Waals surface area contributed by atoms with Gasteiger partial charge in [-0.05, 0) is 25.0 Å². The van der Waals surface area contributed by atoms with Crippen molar-refractivity contribution in [3.05, 3.63) is 43.0 Å². The average Bonchev–Trinajstić information content (AvgIpc) is 3.19. The van der Waals surface area contributed by atoms with E-state index in [4.69, 9.17) is 0 Å². The van der Waals surface area contributed by atoms with Gasteiger partial charge in [0.05, 0.1) is 0 Å². The molecule has 0 radical (unpaired) electrons. The summed E-state index contributed by atoms with van der Waals surface area (Å²) in [6.07, 6.45) is 5.72. The molecule has 3 rings (SSSR count). The zero-order valence-electron chi connectivity index (χ0n) is 15.3. The second kappa shape index (κ2) is 11.0. The number of benzene rings is 1. The van der Waals surface area contributed by atoms with Crippen LogP contribution in [0.2, 0.25) is 0 Å². The Morgan fingerprint density at radius 1 is 1.04 bits per heavy atom. The SMILES string of the molecule is CN=C(NCCCCn1cnnc1)N1CCN(c2ccccc2)CC1.I. The van der Waals surface area contributed by atoms with Gasteiger partial charge in [-0.1, -0.05) is 18.2 Å². The van der Waals surface area contributed by atoms with Crippen molar-refractivity contribution in [3.8, 4) is 0 Å². The predicted octanol–water partition coefficient (Wildman–Crippen LogP) is 2.07. The number of nitrogens with one attached hydrogen (secondary N) is 1. The number of aromatic nitrogens is 3. The summed E-state index contributed by atoms with van der Waals surface area (Å²) in [5, 5.41) is 11.1. The van der Waals surface area contributed by atoms with Gasteiger partial charge in [-0.3, -0.25) is 4.99 Å². The van der Waals surface area contributed by atoms with Crippen molar-refractivity contribution in [3.63, 3.8) is 0 Å². The number of aliphatic imine (C=N–C) groups is 1. The van der Waals surface area contributed by atoms with E-state index >= 15 is 0 Å². The van der Waals surface area contributed by atoms with Crippen LogP contribution in [0.4, 0.5) is 5.69 Å². The molecule has 1 saturated heterocycles. The lowest BCUT2D eigenvalue weighted by atomic mass is 10.2. The van der Waals surface area contributed by atoms with Crippen LogP contribution in [0.15, 0.2) is 48.0 Å². The monoisotopic (exact) mass is 469 g/mol. The van der Waals surface area contributed by atoms with E-state index in [1.165, 1.54) is 5.69 Å². The third-order valence-electron chi connectivity index (χ3n) is 4.51. The summed E-state index contributed by atoms with van der Waals surface area (Å²) < 4.78 is 2.01. The smallest absolute Gasteiger partial charge is 0.193 e. The van der Waals surface area contributed by atoms with Crippen molar-refractivity contribution in [1.29, 1.82) is 0 Å². The first-order valence-electron chi connectivity index (χ1n) is 8.95. The van der Waals surface area contributed by atoms with Crippen LogP contribution in [0.25, 0.3) is 0 Å². The molecule has 0 bridgehead atoms. The van der Waals surface area contributed by atoms with E-state index in [0.717, 1.165) is 58.1 Å². The maximum Gasteiger partial charge on any atom is 0.193 e. The van der Waals surface area contributed by atoms with Gasteiger partial charge in [0.15, 0.2) is 5.96 Å². The predicted molar refractivity (Wildman–Crippen MR) is 116 cm³/mol. The van der Waals surface area contributed by atoms with Gasteiger partial charge >= 0.3 is 0 Å². The molecule has 0 atom stereocenters. The van der Waals surface area contributed by atoms with Gasteiger partial charge in [-0.2, -0.15) is 0 Å². The van der Waals surface area contributed by atoms with E-state index < -0.39 is 0 Å². The first-order valence-corrected chi connectivity index (χ1v) is 8.95. The molecule has 0 aliphatic carbocycles. The van der Waals surface area contributed by atoms with Crippen molar-refractivity contribution in [2.45, 2.75) is 19.4 Å². The Bertz CT molecular complexity index is 637. The Labute approximate surface area is 172 Å². The summed E-state index contributed by atoms with van der Waals surface area (Å²) in [6, 6.07) is 10.6. The van der Waals surface area contributed by atoms with E-state index in [2.05, 4.69) is 60.6 Å². The lowest BCUT2D eigenvalue weighted by molar-refractivity contribution is 0.372. The summed E-state index contributed by atoms with van der Waals surface area (Å²) in [5.74, 6) is 1.01.